The Morgan fingerprint density at radius 2 is 1.88 bits per heavy atom. The standard InChI is InChI=1S/C19H26N2OS2.C4H9NO2.C2H6/c1-19(2,3)21-24-16-11-14(22)9-10-15(16)17-12-20-18(23-17)13-7-5-4-6-8-13;1-3(2)7-4(5)6;1-2/h9-13,21-22H,4-8H2,1-3H3;3H,1-2H3,(H2,5,6);1-2H3. The molecule has 0 atom stereocenters. The van der Waals surface area contributed by atoms with Crippen LogP contribution in [0, 0.1) is 0 Å². The highest BCUT2D eigenvalue weighted by atomic mass is 32.2. The van der Waals surface area contributed by atoms with Gasteiger partial charge < -0.3 is 15.6 Å². The third kappa shape index (κ3) is 11.3. The summed E-state index contributed by atoms with van der Waals surface area (Å²) < 4.78 is 7.82. The van der Waals surface area contributed by atoms with Crippen LogP contribution in [0.1, 0.15) is 91.5 Å². The molecule has 0 saturated heterocycles. The van der Waals surface area contributed by atoms with Crippen molar-refractivity contribution in [2.24, 2.45) is 5.73 Å². The number of thiazole rings is 1. The van der Waals surface area contributed by atoms with Crippen LogP contribution < -0.4 is 10.5 Å². The van der Waals surface area contributed by atoms with Gasteiger partial charge in [-0.25, -0.2) is 9.78 Å². The van der Waals surface area contributed by atoms with Crippen molar-refractivity contribution in [3.63, 3.8) is 0 Å². The number of nitrogens with two attached hydrogens (primary N) is 1. The number of hydrogen-bond acceptors (Lipinski definition) is 7. The van der Waals surface area contributed by atoms with Gasteiger partial charge in [0, 0.05) is 28.1 Å². The second-order valence-electron chi connectivity index (χ2n) is 9.02. The van der Waals surface area contributed by atoms with Crippen molar-refractivity contribution >= 4 is 29.4 Å². The van der Waals surface area contributed by atoms with Crippen molar-refractivity contribution < 1.29 is 14.6 Å². The van der Waals surface area contributed by atoms with Crippen LogP contribution in [-0.2, 0) is 4.74 Å². The summed E-state index contributed by atoms with van der Waals surface area (Å²) in [5.74, 6) is 0.937. The maximum absolute atomic E-state index is 9.87. The summed E-state index contributed by atoms with van der Waals surface area (Å²) in [6, 6.07) is 5.59. The first-order chi connectivity index (χ1) is 15.5. The number of phenolic OH excluding ortho intramolecular Hbond substituents is 1. The Labute approximate surface area is 207 Å². The number of benzene rings is 1. The lowest BCUT2D eigenvalue weighted by Gasteiger charge is -2.20. The van der Waals surface area contributed by atoms with E-state index in [1.807, 2.05) is 43.5 Å². The van der Waals surface area contributed by atoms with Gasteiger partial charge >= 0.3 is 6.09 Å². The lowest BCUT2D eigenvalue weighted by Crippen LogP contribution is -2.29. The fraction of sp³-hybridized carbons (Fsp3) is 0.600. The zero-order valence-corrected chi connectivity index (χ0v) is 22.7. The molecule has 0 radical (unpaired) electrons. The Hall–Kier alpha value is -1.77. The number of phenols is 1. The molecule has 0 aliphatic heterocycles. The lowest BCUT2D eigenvalue weighted by molar-refractivity contribution is 0.125. The molecule has 6 nitrogen and oxygen atoms in total. The van der Waals surface area contributed by atoms with Gasteiger partial charge in [-0.1, -0.05) is 33.1 Å². The van der Waals surface area contributed by atoms with Crippen LogP contribution in [0.3, 0.4) is 0 Å². The second-order valence-corrected chi connectivity index (χ2v) is 10.9. The average molecular weight is 496 g/mol. The molecule has 0 bridgehead atoms. The number of aromatic nitrogens is 1. The molecule has 0 spiro atoms. The number of carbonyl (C=O) groups is 1. The van der Waals surface area contributed by atoms with Crippen molar-refractivity contribution in [1.29, 1.82) is 0 Å². The Bertz CT molecular complexity index is 842. The molecule has 1 aromatic carbocycles. The van der Waals surface area contributed by atoms with E-state index < -0.39 is 6.09 Å². The molecule has 0 unspecified atom stereocenters. The Balaban J connectivity index is 0.000000520. The van der Waals surface area contributed by atoms with Crippen LogP contribution in [0.25, 0.3) is 10.4 Å². The SMILES string of the molecule is CC.CC(C)(C)NSc1cc(O)ccc1-c1cnc(C2CCCCC2)s1.CC(C)OC(N)=O. The van der Waals surface area contributed by atoms with Crippen molar-refractivity contribution in [3.8, 4) is 16.2 Å². The zero-order chi connectivity index (χ0) is 25.0. The third-order valence-electron chi connectivity index (χ3n) is 4.53. The number of ether oxygens (including phenoxy) is 1. The number of primary amides is 1. The molecule has 8 heteroatoms. The molecular formula is C25H41N3O3S2. The van der Waals surface area contributed by atoms with Crippen LogP contribution in [0.2, 0.25) is 0 Å². The monoisotopic (exact) mass is 495 g/mol. The van der Waals surface area contributed by atoms with E-state index in [2.05, 4.69) is 36.0 Å². The van der Waals surface area contributed by atoms with Gasteiger partial charge in [-0.3, -0.25) is 4.72 Å². The number of carbonyl (C=O) groups excluding carboxylic acids is 1. The minimum Gasteiger partial charge on any atom is -0.508 e. The summed E-state index contributed by atoms with van der Waals surface area (Å²) in [7, 11) is 0. The first-order valence-electron chi connectivity index (χ1n) is 11.7. The molecule has 1 amide bonds. The average Bonchev–Trinajstić information content (AvgIpc) is 3.23. The van der Waals surface area contributed by atoms with E-state index >= 15 is 0 Å². The van der Waals surface area contributed by atoms with Gasteiger partial charge in [-0.2, -0.15) is 0 Å². The summed E-state index contributed by atoms with van der Waals surface area (Å²) >= 11 is 3.39. The minimum absolute atomic E-state index is 0.00829. The van der Waals surface area contributed by atoms with Gasteiger partial charge in [-0.05, 0) is 77.6 Å². The van der Waals surface area contributed by atoms with Crippen molar-refractivity contribution in [3.05, 3.63) is 29.4 Å². The molecule has 1 aromatic heterocycles. The summed E-state index contributed by atoms with van der Waals surface area (Å²) in [6.07, 6.45) is 7.76. The topological polar surface area (TPSA) is 97.5 Å². The van der Waals surface area contributed by atoms with Crippen molar-refractivity contribution in [1.82, 2.24) is 9.71 Å². The van der Waals surface area contributed by atoms with Gasteiger partial charge in [0.25, 0.3) is 0 Å². The fourth-order valence-electron chi connectivity index (χ4n) is 3.19. The van der Waals surface area contributed by atoms with E-state index in [1.165, 1.54) is 42.0 Å². The molecule has 1 heterocycles. The molecule has 1 aliphatic rings. The first-order valence-corrected chi connectivity index (χ1v) is 13.4. The van der Waals surface area contributed by atoms with Gasteiger partial charge in [0.05, 0.1) is 16.0 Å². The van der Waals surface area contributed by atoms with Gasteiger partial charge in [-0.15, -0.1) is 11.3 Å². The van der Waals surface area contributed by atoms with E-state index in [-0.39, 0.29) is 11.6 Å². The molecular weight excluding hydrogens is 454 g/mol. The predicted molar refractivity (Wildman–Crippen MR) is 141 cm³/mol. The highest BCUT2D eigenvalue weighted by Crippen LogP contribution is 2.40. The van der Waals surface area contributed by atoms with Gasteiger partial charge in [0.2, 0.25) is 0 Å². The molecule has 2 aromatic rings. The molecule has 186 valence electrons. The fourth-order valence-corrected chi connectivity index (χ4v) is 5.26. The Morgan fingerprint density at radius 3 is 2.39 bits per heavy atom. The number of amides is 1. The zero-order valence-electron chi connectivity index (χ0n) is 21.1. The molecule has 1 saturated carbocycles. The quantitative estimate of drug-likeness (QED) is 0.372. The van der Waals surface area contributed by atoms with Crippen LogP contribution in [0.5, 0.6) is 5.75 Å². The molecule has 33 heavy (non-hydrogen) atoms. The third-order valence-corrected chi connectivity index (χ3v) is 6.99. The summed E-state index contributed by atoms with van der Waals surface area (Å²) in [5, 5.41) is 11.1. The minimum atomic E-state index is -0.713. The number of aromatic hydroxyl groups is 1. The summed E-state index contributed by atoms with van der Waals surface area (Å²) in [4.78, 5) is 16.8. The van der Waals surface area contributed by atoms with E-state index in [0.717, 1.165) is 10.5 Å². The maximum atomic E-state index is 9.87. The lowest BCUT2D eigenvalue weighted by atomic mass is 9.90. The number of rotatable bonds is 5. The van der Waals surface area contributed by atoms with Crippen molar-refractivity contribution in [2.45, 2.75) is 103 Å². The molecule has 1 aliphatic carbocycles. The van der Waals surface area contributed by atoms with E-state index in [4.69, 9.17) is 4.98 Å². The highest BCUT2D eigenvalue weighted by Gasteiger charge is 2.20. The van der Waals surface area contributed by atoms with Crippen LogP contribution in [0.15, 0.2) is 29.3 Å². The number of hydrogen-bond donors (Lipinski definition) is 3. The largest absolute Gasteiger partial charge is 0.508 e. The van der Waals surface area contributed by atoms with Crippen LogP contribution >= 0.6 is 23.3 Å². The summed E-state index contributed by atoms with van der Waals surface area (Å²) in [6.45, 7) is 13.9. The molecule has 3 rings (SSSR count). The Morgan fingerprint density at radius 1 is 1.24 bits per heavy atom. The number of nitrogens with one attached hydrogen (secondary N) is 1. The predicted octanol–water partition coefficient (Wildman–Crippen LogP) is 7.47. The Kier molecular flexibility index (Phi) is 12.8. The normalized spacial score (nSPS) is 14.1. The van der Waals surface area contributed by atoms with E-state index in [1.54, 1.807) is 31.9 Å². The van der Waals surface area contributed by atoms with E-state index in [0.29, 0.717) is 11.7 Å². The highest BCUT2D eigenvalue weighted by molar-refractivity contribution is 7.97. The van der Waals surface area contributed by atoms with E-state index in [9.17, 15) is 9.90 Å². The van der Waals surface area contributed by atoms with Gasteiger partial charge in [0.15, 0.2) is 0 Å². The second kappa shape index (κ2) is 14.5. The van der Waals surface area contributed by atoms with Gasteiger partial charge in [0.1, 0.15) is 5.75 Å². The van der Waals surface area contributed by atoms with Crippen molar-refractivity contribution in [2.75, 3.05) is 0 Å². The molecule has 1 fully saturated rings. The number of nitrogens with zero attached hydrogens (tertiary/aromatic N) is 1. The first kappa shape index (κ1) is 29.3. The van der Waals surface area contributed by atoms with Crippen LogP contribution in [0.4, 0.5) is 4.79 Å². The molecule has 4 N–H and O–H groups in total. The smallest absolute Gasteiger partial charge is 0.404 e. The maximum Gasteiger partial charge on any atom is 0.404 e. The van der Waals surface area contributed by atoms with Crippen LogP contribution in [-0.4, -0.2) is 27.8 Å². The summed E-state index contributed by atoms with van der Waals surface area (Å²) in [5.41, 5.74) is 5.79.